The van der Waals surface area contributed by atoms with Gasteiger partial charge in [-0.2, -0.15) is 0 Å². The van der Waals surface area contributed by atoms with Gasteiger partial charge in [-0.1, -0.05) is 0 Å². The van der Waals surface area contributed by atoms with E-state index in [4.69, 9.17) is 10.5 Å². The first-order valence-electron chi connectivity index (χ1n) is 3.73. The average molecular weight is 155 g/mol. The normalized spacial score (nSPS) is 40.8. The summed E-state index contributed by atoms with van der Waals surface area (Å²) >= 11 is 0.140. The van der Waals surface area contributed by atoms with Crippen molar-refractivity contribution < 1.29 is 4.74 Å². The Balaban J connectivity index is 2.43. The molecule has 1 aliphatic heterocycles. The summed E-state index contributed by atoms with van der Waals surface area (Å²) in [6.07, 6.45) is 1.10. The molecule has 0 radical (unpaired) electrons. The van der Waals surface area contributed by atoms with Crippen LogP contribution in [0.3, 0.4) is 0 Å². The van der Waals surface area contributed by atoms with E-state index in [2.05, 4.69) is 12.3 Å². The summed E-state index contributed by atoms with van der Waals surface area (Å²) < 4.78 is 5.50. The molecule has 3 atom stereocenters. The molecule has 1 fully saturated rings. The molecule has 1 saturated heterocycles. The molecule has 3 unspecified atom stereocenters. The zero-order valence-electron chi connectivity index (χ0n) is 6.42. The molecule has 56 valence electrons. The predicted molar refractivity (Wildman–Crippen MR) is 44.4 cm³/mol. The van der Waals surface area contributed by atoms with Crippen LogP contribution in [0.25, 0.3) is 0 Å². The van der Waals surface area contributed by atoms with E-state index >= 15 is 0 Å². The number of nitrogens with two attached hydrogens (primary N) is 1. The van der Waals surface area contributed by atoms with Crippen LogP contribution in [0.5, 0.6) is 0 Å². The first-order valence-corrected chi connectivity index (χ1v) is 5.22. The SMILES string of the molecule is [CH2]=[Al][CH]1OCC(C)CC1N. The van der Waals surface area contributed by atoms with Crippen molar-refractivity contribution in [2.45, 2.75) is 24.4 Å². The second-order valence-electron chi connectivity index (χ2n) is 3.04. The van der Waals surface area contributed by atoms with E-state index in [1.807, 2.05) is 0 Å². The number of hydrogen-bond donors (Lipinski definition) is 1. The van der Waals surface area contributed by atoms with Gasteiger partial charge in [0.2, 0.25) is 0 Å². The van der Waals surface area contributed by atoms with Gasteiger partial charge in [0.15, 0.2) is 0 Å². The van der Waals surface area contributed by atoms with Crippen LogP contribution in [0.1, 0.15) is 13.3 Å². The quantitative estimate of drug-likeness (QED) is 0.534. The van der Waals surface area contributed by atoms with Crippen molar-refractivity contribution >= 4 is 20.2 Å². The van der Waals surface area contributed by atoms with E-state index in [1.54, 1.807) is 0 Å². The molecule has 1 aliphatic rings. The Bertz CT molecular complexity index is 129. The van der Waals surface area contributed by atoms with Gasteiger partial charge in [-0.15, -0.1) is 0 Å². The first-order chi connectivity index (χ1) is 4.74. The van der Waals surface area contributed by atoms with E-state index in [0.717, 1.165) is 13.0 Å². The molecule has 0 aromatic rings. The van der Waals surface area contributed by atoms with Crippen molar-refractivity contribution in [3.63, 3.8) is 0 Å². The van der Waals surface area contributed by atoms with Crippen molar-refractivity contribution in [3.05, 3.63) is 0 Å². The summed E-state index contributed by atoms with van der Waals surface area (Å²) in [5, 5.41) is 3.86. The van der Waals surface area contributed by atoms with E-state index in [9.17, 15) is 0 Å². The summed E-state index contributed by atoms with van der Waals surface area (Å²) in [7, 11) is 0. The minimum absolute atomic E-state index is 0.140. The maximum absolute atomic E-state index is 5.84. The van der Waals surface area contributed by atoms with Crippen molar-refractivity contribution in [1.82, 2.24) is 0 Å². The molecule has 0 aromatic heterocycles. The number of rotatable bonds is 1. The van der Waals surface area contributed by atoms with E-state index in [1.165, 1.54) is 0 Å². The Labute approximate surface area is 68.0 Å². The second kappa shape index (κ2) is 3.64. The third-order valence-electron chi connectivity index (χ3n) is 1.90. The second-order valence-corrected chi connectivity index (χ2v) is 4.17. The summed E-state index contributed by atoms with van der Waals surface area (Å²) in [5.41, 5.74) is 5.84. The minimum atomic E-state index is 0.140. The average Bonchev–Trinajstić information content (AvgIpc) is 1.88. The van der Waals surface area contributed by atoms with Crippen LogP contribution in [0, 0.1) is 5.92 Å². The molecule has 0 amide bonds. The van der Waals surface area contributed by atoms with E-state index in [-0.39, 0.29) is 25.8 Å². The number of ether oxygens (including phenoxy) is 1. The van der Waals surface area contributed by atoms with Gasteiger partial charge in [0.1, 0.15) is 0 Å². The summed E-state index contributed by atoms with van der Waals surface area (Å²) in [4.78, 5) is 0.288. The van der Waals surface area contributed by atoms with Crippen LogP contribution in [-0.2, 0) is 4.74 Å². The van der Waals surface area contributed by atoms with Crippen LogP contribution in [-0.4, -0.2) is 37.8 Å². The van der Waals surface area contributed by atoms with E-state index in [0.29, 0.717) is 5.92 Å². The fourth-order valence-corrected chi connectivity index (χ4v) is 2.06. The van der Waals surface area contributed by atoms with Gasteiger partial charge in [-0.05, 0) is 0 Å². The van der Waals surface area contributed by atoms with Crippen LogP contribution in [0.2, 0.25) is 0 Å². The van der Waals surface area contributed by atoms with Gasteiger partial charge in [0.05, 0.1) is 0 Å². The Morgan fingerprint density at radius 2 is 2.40 bits per heavy atom. The van der Waals surface area contributed by atoms with Crippen LogP contribution >= 0.6 is 0 Å². The van der Waals surface area contributed by atoms with Crippen molar-refractivity contribution in [2.24, 2.45) is 11.7 Å². The topological polar surface area (TPSA) is 35.2 Å². The zero-order chi connectivity index (χ0) is 7.56. The third-order valence-corrected chi connectivity index (χ3v) is 3.05. The third kappa shape index (κ3) is 1.90. The molecular weight excluding hydrogens is 141 g/mol. The van der Waals surface area contributed by atoms with Crippen molar-refractivity contribution in [3.8, 4) is 0 Å². The summed E-state index contributed by atoms with van der Waals surface area (Å²) in [6.45, 7) is 3.05. The Morgan fingerprint density at radius 3 is 2.90 bits per heavy atom. The van der Waals surface area contributed by atoms with Crippen LogP contribution < -0.4 is 5.73 Å². The van der Waals surface area contributed by atoms with Crippen molar-refractivity contribution in [2.75, 3.05) is 6.61 Å². The maximum atomic E-state index is 5.84. The molecule has 2 nitrogen and oxygen atoms in total. The van der Waals surface area contributed by atoms with Gasteiger partial charge >= 0.3 is 67.5 Å². The van der Waals surface area contributed by atoms with Gasteiger partial charge in [-0.3, -0.25) is 0 Å². The van der Waals surface area contributed by atoms with Gasteiger partial charge in [-0.25, -0.2) is 0 Å². The Kier molecular flexibility index (Phi) is 3.06. The van der Waals surface area contributed by atoms with Gasteiger partial charge in [0.25, 0.3) is 0 Å². The fraction of sp³-hybridized carbons (Fsp3) is 0.857. The van der Waals surface area contributed by atoms with Crippen molar-refractivity contribution in [1.29, 1.82) is 0 Å². The van der Waals surface area contributed by atoms with Crippen LogP contribution in [0.15, 0.2) is 0 Å². The fourth-order valence-electron chi connectivity index (χ4n) is 1.31. The van der Waals surface area contributed by atoms with Crippen LogP contribution in [0.4, 0.5) is 0 Å². The molecule has 1 rings (SSSR count). The molecule has 0 spiro atoms. The first kappa shape index (κ1) is 8.42. The molecule has 0 aliphatic carbocycles. The molecule has 0 aromatic carbocycles. The molecule has 10 heavy (non-hydrogen) atoms. The van der Waals surface area contributed by atoms with Gasteiger partial charge in [0, 0.05) is 0 Å². The van der Waals surface area contributed by atoms with E-state index < -0.39 is 0 Å². The monoisotopic (exact) mass is 155 g/mol. The Hall–Kier alpha value is 0.322. The number of hydrogen-bond acceptors (Lipinski definition) is 2. The molecule has 0 saturated carbocycles. The molecule has 3 heteroatoms. The standard InChI is InChI=1S/C6H12NO.CH2.Al/c1-5-2-6(7)4-8-3-5;;/h4-6H,2-3,7H2,1H3;1H2;. The molecule has 0 bridgehead atoms. The predicted octanol–water partition coefficient (Wildman–Crippen LogP) is -0.168. The molecular formula is C7H14AlNO. The molecule has 1 heterocycles. The molecule has 2 N–H and O–H groups in total. The Morgan fingerprint density at radius 1 is 1.70 bits per heavy atom. The summed E-state index contributed by atoms with van der Waals surface area (Å²) in [6, 6.07) is 0.247. The zero-order valence-corrected chi connectivity index (χ0v) is 7.57. The van der Waals surface area contributed by atoms with Gasteiger partial charge < -0.3 is 0 Å². The summed E-state index contributed by atoms with van der Waals surface area (Å²) in [5.74, 6) is 0.636.